The molecule has 0 aromatic heterocycles. The van der Waals surface area contributed by atoms with Crippen molar-refractivity contribution in [1.29, 1.82) is 0 Å². The average Bonchev–Trinajstić information content (AvgIpc) is 3.13. The smallest absolute Gasteiger partial charge is 0.324 e. The van der Waals surface area contributed by atoms with Crippen LogP contribution in [-0.2, 0) is 14.4 Å². The van der Waals surface area contributed by atoms with Crippen LogP contribution in [0.25, 0.3) is 0 Å². The minimum atomic E-state index is -1.06. The molecule has 132 valence electrons. The van der Waals surface area contributed by atoms with Gasteiger partial charge in [0.2, 0.25) is 5.91 Å². The summed E-state index contributed by atoms with van der Waals surface area (Å²) in [7, 11) is 1.44. The Kier molecular flexibility index (Phi) is 4.23. The highest BCUT2D eigenvalue weighted by atomic mass is 16.4. The Hall–Kier alpha value is -2.12. The third-order valence-electron chi connectivity index (χ3n) is 5.70. The monoisotopic (exact) mass is 337 g/mol. The van der Waals surface area contributed by atoms with Gasteiger partial charge in [-0.3, -0.25) is 19.3 Å². The Morgan fingerprint density at radius 3 is 2.25 bits per heavy atom. The Labute approximate surface area is 140 Å². The molecule has 0 bridgehead atoms. The van der Waals surface area contributed by atoms with E-state index in [2.05, 4.69) is 5.32 Å². The number of piperidine rings is 1. The predicted octanol–water partition coefficient (Wildman–Crippen LogP) is 0.420. The molecule has 0 aromatic rings. The zero-order valence-electron chi connectivity index (χ0n) is 13.8. The lowest BCUT2D eigenvalue weighted by Crippen LogP contribution is -2.57. The lowest BCUT2D eigenvalue weighted by Gasteiger charge is -2.38. The zero-order valence-corrected chi connectivity index (χ0v) is 13.8. The van der Waals surface area contributed by atoms with Crippen molar-refractivity contribution in [3.8, 4) is 0 Å². The molecule has 3 rings (SSSR count). The molecule has 1 unspecified atom stereocenters. The molecule has 0 radical (unpaired) electrons. The first-order valence-corrected chi connectivity index (χ1v) is 8.47. The number of carboxylic acids is 1. The van der Waals surface area contributed by atoms with Gasteiger partial charge in [0.05, 0.1) is 0 Å². The standard InChI is InChI=1S/C16H23N3O5/c1-18-14(23)16(17-15(18)24)6-8-19(9-7-16)12(20)11(13(21)22)10-4-2-3-5-10/h10-11H,2-9H2,1H3,(H,17,24)(H,21,22). The van der Waals surface area contributed by atoms with Crippen molar-refractivity contribution in [2.45, 2.75) is 44.1 Å². The number of carboxylic acid groups (broad SMARTS) is 1. The summed E-state index contributed by atoms with van der Waals surface area (Å²) in [4.78, 5) is 50.8. The molecule has 2 N–H and O–H groups in total. The van der Waals surface area contributed by atoms with Crippen LogP contribution in [0, 0.1) is 11.8 Å². The van der Waals surface area contributed by atoms with Gasteiger partial charge in [-0.15, -0.1) is 0 Å². The Bertz CT molecular complexity index is 576. The van der Waals surface area contributed by atoms with E-state index in [-0.39, 0.29) is 30.8 Å². The zero-order chi connectivity index (χ0) is 17.5. The van der Waals surface area contributed by atoms with Gasteiger partial charge in [0.25, 0.3) is 5.91 Å². The predicted molar refractivity (Wildman–Crippen MR) is 82.9 cm³/mol. The summed E-state index contributed by atoms with van der Waals surface area (Å²) in [5.41, 5.74) is -0.936. The van der Waals surface area contributed by atoms with Crippen LogP contribution in [-0.4, -0.2) is 64.4 Å². The molecular weight excluding hydrogens is 314 g/mol. The van der Waals surface area contributed by atoms with E-state index in [9.17, 15) is 24.3 Å². The second-order valence-corrected chi connectivity index (χ2v) is 7.06. The number of nitrogens with zero attached hydrogens (tertiary/aromatic N) is 2. The van der Waals surface area contributed by atoms with Crippen LogP contribution in [0.1, 0.15) is 38.5 Å². The van der Waals surface area contributed by atoms with Crippen molar-refractivity contribution in [2.75, 3.05) is 20.1 Å². The number of nitrogens with one attached hydrogen (secondary N) is 1. The van der Waals surface area contributed by atoms with E-state index in [1.54, 1.807) is 4.90 Å². The van der Waals surface area contributed by atoms with Crippen molar-refractivity contribution in [1.82, 2.24) is 15.1 Å². The Morgan fingerprint density at radius 2 is 1.79 bits per heavy atom. The quantitative estimate of drug-likeness (QED) is 0.573. The molecule has 2 saturated heterocycles. The second-order valence-electron chi connectivity index (χ2n) is 7.06. The summed E-state index contributed by atoms with van der Waals surface area (Å²) < 4.78 is 0. The first kappa shape index (κ1) is 16.7. The van der Waals surface area contributed by atoms with Crippen LogP contribution in [0.15, 0.2) is 0 Å². The van der Waals surface area contributed by atoms with Gasteiger partial charge < -0.3 is 15.3 Å². The third kappa shape index (κ3) is 2.63. The number of imide groups is 1. The van der Waals surface area contributed by atoms with Gasteiger partial charge in [0.15, 0.2) is 0 Å². The third-order valence-corrected chi connectivity index (χ3v) is 5.70. The molecule has 1 saturated carbocycles. The number of urea groups is 1. The van der Waals surface area contributed by atoms with Crippen LogP contribution in [0.5, 0.6) is 0 Å². The molecular formula is C16H23N3O5. The summed E-state index contributed by atoms with van der Waals surface area (Å²) in [5.74, 6) is -2.76. The summed E-state index contributed by atoms with van der Waals surface area (Å²) in [5, 5.41) is 12.2. The molecule has 8 nitrogen and oxygen atoms in total. The van der Waals surface area contributed by atoms with Gasteiger partial charge in [-0.05, 0) is 31.6 Å². The fourth-order valence-corrected chi connectivity index (χ4v) is 4.20. The van der Waals surface area contributed by atoms with Crippen LogP contribution < -0.4 is 5.32 Å². The molecule has 1 atom stereocenters. The van der Waals surface area contributed by atoms with Crippen molar-refractivity contribution in [2.24, 2.45) is 11.8 Å². The number of hydrogen-bond acceptors (Lipinski definition) is 4. The fourth-order valence-electron chi connectivity index (χ4n) is 4.20. The van der Waals surface area contributed by atoms with Gasteiger partial charge in [-0.2, -0.15) is 0 Å². The van der Waals surface area contributed by atoms with E-state index in [1.165, 1.54) is 7.05 Å². The highest BCUT2D eigenvalue weighted by molar-refractivity contribution is 6.07. The number of likely N-dealkylation sites (N-methyl/N-ethyl adjacent to an activating group) is 1. The number of aliphatic carboxylic acids is 1. The van der Waals surface area contributed by atoms with Crippen LogP contribution >= 0.6 is 0 Å². The summed E-state index contributed by atoms with van der Waals surface area (Å²) in [6, 6.07) is -0.422. The number of likely N-dealkylation sites (tertiary alicyclic amines) is 1. The molecule has 3 fully saturated rings. The maximum absolute atomic E-state index is 12.7. The molecule has 24 heavy (non-hydrogen) atoms. The van der Waals surface area contributed by atoms with Crippen LogP contribution in [0.4, 0.5) is 4.79 Å². The fraction of sp³-hybridized carbons (Fsp3) is 0.750. The van der Waals surface area contributed by atoms with E-state index < -0.39 is 23.5 Å². The van der Waals surface area contributed by atoms with E-state index in [4.69, 9.17) is 0 Å². The summed E-state index contributed by atoms with van der Waals surface area (Å²) in [6.07, 6.45) is 4.14. The van der Waals surface area contributed by atoms with Crippen LogP contribution in [0.3, 0.4) is 0 Å². The van der Waals surface area contributed by atoms with Gasteiger partial charge in [-0.1, -0.05) is 12.8 Å². The van der Waals surface area contributed by atoms with E-state index in [0.717, 1.165) is 30.6 Å². The maximum Gasteiger partial charge on any atom is 0.324 e. The largest absolute Gasteiger partial charge is 0.481 e. The van der Waals surface area contributed by atoms with Gasteiger partial charge in [0, 0.05) is 20.1 Å². The number of carbonyl (C=O) groups excluding carboxylic acids is 3. The highest BCUT2D eigenvalue weighted by Gasteiger charge is 2.52. The van der Waals surface area contributed by atoms with Gasteiger partial charge in [0.1, 0.15) is 11.5 Å². The number of carbonyl (C=O) groups is 4. The normalized spacial score (nSPS) is 25.2. The SMILES string of the molecule is CN1C(=O)NC2(CCN(C(=O)C(C(=O)O)C3CCCC3)CC2)C1=O. The second kappa shape index (κ2) is 6.07. The van der Waals surface area contributed by atoms with E-state index in [0.29, 0.717) is 12.8 Å². The molecule has 3 aliphatic rings. The lowest BCUT2D eigenvalue weighted by molar-refractivity contribution is -0.155. The lowest BCUT2D eigenvalue weighted by atomic mass is 9.85. The van der Waals surface area contributed by atoms with Crippen molar-refractivity contribution in [3.05, 3.63) is 0 Å². The van der Waals surface area contributed by atoms with E-state index in [1.807, 2.05) is 0 Å². The number of amides is 4. The first-order valence-electron chi connectivity index (χ1n) is 8.47. The summed E-state index contributed by atoms with van der Waals surface area (Å²) in [6.45, 7) is 0.574. The average molecular weight is 337 g/mol. The minimum absolute atomic E-state index is 0.0927. The van der Waals surface area contributed by atoms with Crippen molar-refractivity contribution < 1.29 is 24.3 Å². The van der Waals surface area contributed by atoms with Crippen molar-refractivity contribution in [3.63, 3.8) is 0 Å². The molecule has 8 heteroatoms. The van der Waals surface area contributed by atoms with Crippen LogP contribution in [0.2, 0.25) is 0 Å². The molecule has 0 aromatic carbocycles. The molecule has 1 spiro atoms. The Balaban J connectivity index is 1.67. The Morgan fingerprint density at radius 1 is 1.21 bits per heavy atom. The van der Waals surface area contributed by atoms with Gasteiger partial charge >= 0.3 is 12.0 Å². The van der Waals surface area contributed by atoms with E-state index >= 15 is 0 Å². The van der Waals surface area contributed by atoms with Gasteiger partial charge in [-0.25, -0.2) is 4.79 Å². The topological polar surface area (TPSA) is 107 Å². The molecule has 2 heterocycles. The highest BCUT2D eigenvalue weighted by Crippen LogP contribution is 2.34. The summed E-state index contributed by atoms with van der Waals surface area (Å²) >= 11 is 0. The first-order chi connectivity index (χ1) is 11.4. The molecule has 1 aliphatic carbocycles. The maximum atomic E-state index is 12.7. The van der Waals surface area contributed by atoms with Crippen molar-refractivity contribution >= 4 is 23.8 Å². The number of rotatable bonds is 3. The minimum Gasteiger partial charge on any atom is -0.481 e. The number of hydrogen-bond donors (Lipinski definition) is 2. The molecule has 4 amide bonds. The molecule has 2 aliphatic heterocycles.